The summed E-state index contributed by atoms with van der Waals surface area (Å²) in [5, 5.41) is 4.18. The van der Waals surface area contributed by atoms with E-state index < -0.39 is 0 Å². The molecule has 3 nitrogen and oxygen atoms in total. The van der Waals surface area contributed by atoms with Gasteiger partial charge in [-0.05, 0) is 43.5 Å². The molecule has 4 heteroatoms. The molecule has 0 unspecified atom stereocenters. The number of ether oxygens (including phenoxy) is 2. The SMILES string of the molecule is Cc1ccc(COc2ccc(Cl)cc2CNC[C@@H]2CCCO2)cc1. The zero-order chi connectivity index (χ0) is 16.8. The first kappa shape index (κ1) is 17.3. The molecule has 128 valence electrons. The molecular weight excluding hydrogens is 322 g/mol. The van der Waals surface area contributed by atoms with Gasteiger partial charge in [0.15, 0.2) is 0 Å². The lowest BCUT2D eigenvalue weighted by molar-refractivity contribution is 0.110. The molecule has 0 spiro atoms. The van der Waals surface area contributed by atoms with Crippen molar-refractivity contribution in [2.24, 2.45) is 0 Å². The molecule has 1 N–H and O–H groups in total. The van der Waals surface area contributed by atoms with Crippen LogP contribution in [-0.4, -0.2) is 19.3 Å². The normalized spacial score (nSPS) is 17.2. The summed E-state index contributed by atoms with van der Waals surface area (Å²) in [6, 6.07) is 14.2. The highest BCUT2D eigenvalue weighted by Crippen LogP contribution is 2.24. The maximum Gasteiger partial charge on any atom is 0.124 e. The van der Waals surface area contributed by atoms with Gasteiger partial charge in [0, 0.05) is 30.3 Å². The van der Waals surface area contributed by atoms with E-state index in [4.69, 9.17) is 21.1 Å². The predicted molar refractivity (Wildman–Crippen MR) is 97.6 cm³/mol. The van der Waals surface area contributed by atoms with E-state index in [2.05, 4.69) is 36.5 Å². The first-order chi connectivity index (χ1) is 11.7. The second-order valence-corrected chi connectivity index (χ2v) is 6.73. The standard InChI is InChI=1S/C20H24ClNO2/c1-15-4-6-16(7-5-15)14-24-20-9-8-18(21)11-17(20)12-22-13-19-3-2-10-23-19/h4-9,11,19,22H,2-3,10,12-14H2,1H3/t19-/m0/s1. The number of aryl methyl sites for hydroxylation is 1. The summed E-state index contributed by atoms with van der Waals surface area (Å²) in [5.74, 6) is 0.875. The fourth-order valence-electron chi connectivity index (χ4n) is 2.85. The van der Waals surface area contributed by atoms with E-state index in [1.54, 1.807) is 0 Å². The molecule has 0 aromatic heterocycles. The summed E-state index contributed by atoms with van der Waals surface area (Å²) in [6.07, 6.45) is 2.63. The minimum atomic E-state index is 0.334. The van der Waals surface area contributed by atoms with E-state index in [-0.39, 0.29) is 0 Å². The van der Waals surface area contributed by atoms with Crippen LogP contribution in [0.2, 0.25) is 5.02 Å². The Hall–Kier alpha value is -1.55. The lowest BCUT2D eigenvalue weighted by Gasteiger charge is -2.15. The summed E-state index contributed by atoms with van der Waals surface area (Å²) in [4.78, 5) is 0. The molecule has 3 rings (SSSR count). The van der Waals surface area contributed by atoms with Crippen LogP contribution in [0.1, 0.15) is 29.5 Å². The van der Waals surface area contributed by atoms with Crippen molar-refractivity contribution in [1.82, 2.24) is 5.32 Å². The molecule has 0 radical (unpaired) electrons. The summed E-state index contributed by atoms with van der Waals surface area (Å²) >= 11 is 6.15. The van der Waals surface area contributed by atoms with E-state index in [1.165, 1.54) is 5.56 Å². The van der Waals surface area contributed by atoms with Crippen LogP contribution in [0, 0.1) is 6.92 Å². The van der Waals surface area contributed by atoms with Crippen molar-refractivity contribution in [3.63, 3.8) is 0 Å². The Bertz CT molecular complexity index is 651. The molecule has 2 aromatic rings. The molecule has 0 saturated carbocycles. The van der Waals surface area contributed by atoms with Crippen molar-refractivity contribution in [2.45, 2.75) is 39.0 Å². The van der Waals surface area contributed by atoms with Crippen LogP contribution in [0.15, 0.2) is 42.5 Å². The van der Waals surface area contributed by atoms with E-state index >= 15 is 0 Å². The van der Waals surface area contributed by atoms with Crippen LogP contribution in [0.25, 0.3) is 0 Å². The number of hydrogen-bond acceptors (Lipinski definition) is 3. The third kappa shape index (κ3) is 4.97. The van der Waals surface area contributed by atoms with Crippen LogP contribution >= 0.6 is 11.6 Å². The van der Waals surface area contributed by atoms with Gasteiger partial charge in [-0.25, -0.2) is 0 Å². The van der Waals surface area contributed by atoms with Crippen molar-refractivity contribution in [2.75, 3.05) is 13.2 Å². The molecule has 1 atom stereocenters. The van der Waals surface area contributed by atoms with Crippen LogP contribution < -0.4 is 10.1 Å². The van der Waals surface area contributed by atoms with Crippen LogP contribution in [0.3, 0.4) is 0 Å². The van der Waals surface area contributed by atoms with Crippen LogP contribution in [-0.2, 0) is 17.9 Å². The number of benzene rings is 2. The van der Waals surface area contributed by atoms with Gasteiger partial charge in [0.25, 0.3) is 0 Å². The Labute approximate surface area is 148 Å². The summed E-state index contributed by atoms with van der Waals surface area (Å²) in [5.41, 5.74) is 3.49. The Morgan fingerprint density at radius 1 is 1.21 bits per heavy atom. The van der Waals surface area contributed by atoms with Gasteiger partial charge < -0.3 is 14.8 Å². The molecule has 1 heterocycles. The van der Waals surface area contributed by atoms with Crippen molar-refractivity contribution < 1.29 is 9.47 Å². The first-order valence-corrected chi connectivity index (χ1v) is 8.87. The van der Waals surface area contributed by atoms with Gasteiger partial charge in [-0.15, -0.1) is 0 Å². The topological polar surface area (TPSA) is 30.5 Å². The summed E-state index contributed by atoms with van der Waals surface area (Å²) < 4.78 is 11.7. The zero-order valence-corrected chi connectivity index (χ0v) is 14.8. The third-order valence-electron chi connectivity index (χ3n) is 4.25. The van der Waals surface area contributed by atoms with Crippen LogP contribution in [0.4, 0.5) is 0 Å². The minimum absolute atomic E-state index is 0.334. The average Bonchev–Trinajstić information content (AvgIpc) is 3.09. The maximum absolute atomic E-state index is 6.15. The lowest BCUT2D eigenvalue weighted by Crippen LogP contribution is -2.26. The van der Waals surface area contributed by atoms with Crippen molar-refractivity contribution in [1.29, 1.82) is 0 Å². The second-order valence-electron chi connectivity index (χ2n) is 6.29. The lowest BCUT2D eigenvalue weighted by atomic mass is 10.1. The van der Waals surface area contributed by atoms with E-state index in [0.717, 1.165) is 54.4 Å². The van der Waals surface area contributed by atoms with Gasteiger partial charge in [0.2, 0.25) is 0 Å². The van der Waals surface area contributed by atoms with Gasteiger partial charge in [-0.2, -0.15) is 0 Å². The number of halogens is 1. The van der Waals surface area contributed by atoms with Crippen molar-refractivity contribution >= 4 is 11.6 Å². The molecule has 0 bridgehead atoms. The zero-order valence-electron chi connectivity index (χ0n) is 14.1. The van der Waals surface area contributed by atoms with Crippen LogP contribution in [0.5, 0.6) is 5.75 Å². The predicted octanol–water partition coefficient (Wildman–Crippen LogP) is 4.50. The molecular formula is C20H24ClNO2. The fourth-order valence-corrected chi connectivity index (χ4v) is 3.04. The Kier molecular flexibility index (Phi) is 6.13. The third-order valence-corrected chi connectivity index (χ3v) is 4.48. The van der Waals surface area contributed by atoms with Gasteiger partial charge in [0.05, 0.1) is 6.10 Å². The van der Waals surface area contributed by atoms with E-state index in [1.807, 2.05) is 18.2 Å². The second kappa shape index (κ2) is 8.52. The molecule has 1 saturated heterocycles. The largest absolute Gasteiger partial charge is 0.489 e. The summed E-state index contributed by atoms with van der Waals surface area (Å²) in [6.45, 7) is 5.12. The number of nitrogens with one attached hydrogen (secondary N) is 1. The van der Waals surface area contributed by atoms with Crippen molar-refractivity contribution in [3.05, 3.63) is 64.2 Å². The van der Waals surface area contributed by atoms with Gasteiger partial charge in [-0.1, -0.05) is 41.4 Å². The van der Waals surface area contributed by atoms with Crippen molar-refractivity contribution in [3.8, 4) is 5.75 Å². The Morgan fingerprint density at radius 2 is 2.04 bits per heavy atom. The minimum Gasteiger partial charge on any atom is -0.489 e. The molecule has 24 heavy (non-hydrogen) atoms. The molecule has 1 fully saturated rings. The highest BCUT2D eigenvalue weighted by Gasteiger charge is 2.15. The van der Waals surface area contributed by atoms with E-state index in [0.29, 0.717) is 12.7 Å². The van der Waals surface area contributed by atoms with Gasteiger partial charge >= 0.3 is 0 Å². The Balaban J connectivity index is 1.58. The first-order valence-electron chi connectivity index (χ1n) is 8.50. The Morgan fingerprint density at radius 3 is 2.79 bits per heavy atom. The average molecular weight is 346 g/mol. The monoisotopic (exact) mass is 345 g/mol. The highest BCUT2D eigenvalue weighted by atomic mass is 35.5. The molecule has 1 aliphatic rings. The maximum atomic E-state index is 6.15. The molecule has 0 amide bonds. The number of hydrogen-bond donors (Lipinski definition) is 1. The van der Waals surface area contributed by atoms with Gasteiger partial charge in [0.1, 0.15) is 12.4 Å². The molecule has 0 aliphatic carbocycles. The molecule has 2 aromatic carbocycles. The fraction of sp³-hybridized carbons (Fsp3) is 0.400. The quantitative estimate of drug-likeness (QED) is 0.801. The summed E-state index contributed by atoms with van der Waals surface area (Å²) in [7, 11) is 0. The van der Waals surface area contributed by atoms with Gasteiger partial charge in [-0.3, -0.25) is 0 Å². The highest BCUT2D eigenvalue weighted by molar-refractivity contribution is 6.30. The van der Waals surface area contributed by atoms with E-state index in [9.17, 15) is 0 Å². The number of rotatable bonds is 7. The molecule has 1 aliphatic heterocycles. The smallest absolute Gasteiger partial charge is 0.124 e.